The fraction of sp³-hybridized carbons (Fsp3) is 0. The number of nitrogens with one attached hydrogen (secondary N) is 2. The molecular weight excluding hydrogens is 351 g/mol. The molecule has 2 N–H and O–H groups in total. The third-order valence-electron chi connectivity index (χ3n) is 2.74. The molecular formula is C16H12BrFN2O2. The normalized spacial score (nSPS) is 10.5. The molecule has 22 heavy (non-hydrogen) atoms. The zero-order chi connectivity index (χ0) is 15.9. The average molecular weight is 363 g/mol. The van der Waals surface area contributed by atoms with E-state index in [4.69, 9.17) is 0 Å². The van der Waals surface area contributed by atoms with Crippen LogP contribution in [0.15, 0.2) is 59.1 Å². The van der Waals surface area contributed by atoms with Crippen molar-refractivity contribution in [1.29, 1.82) is 0 Å². The van der Waals surface area contributed by atoms with Crippen LogP contribution in [0, 0.1) is 5.82 Å². The van der Waals surface area contributed by atoms with E-state index in [9.17, 15) is 14.0 Å². The van der Waals surface area contributed by atoms with Crippen LogP contribution in [0.2, 0.25) is 0 Å². The van der Waals surface area contributed by atoms with Crippen molar-refractivity contribution in [3.05, 3.63) is 76.0 Å². The minimum Gasteiger partial charge on any atom is -0.268 e. The highest BCUT2D eigenvalue weighted by atomic mass is 79.9. The van der Waals surface area contributed by atoms with Gasteiger partial charge in [-0.2, -0.15) is 0 Å². The summed E-state index contributed by atoms with van der Waals surface area (Å²) in [5.74, 6) is -1.45. The Morgan fingerprint density at radius 3 is 2.41 bits per heavy atom. The van der Waals surface area contributed by atoms with Gasteiger partial charge < -0.3 is 0 Å². The number of hydrogen-bond acceptors (Lipinski definition) is 2. The zero-order valence-corrected chi connectivity index (χ0v) is 12.9. The monoisotopic (exact) mass is 362 g/mol. The lowest BCUT2D eigenvalue weighted by molar-refractivity contribution is -0.117. The van der Waals surface area contributed by atoms with Gasteiger partial charge >= 0.3 is 0 Å². The molecule has 0 aromatic heterocycles. The van der Waals surface area contributed by atoms with Crippen LogP contribution < -0.4 is 10.9 Å². The van der Waals surface area contributed by atoms with E-state index >= 15 is 0 Å². The second-order valence-corrected chi connectivity index (χ2v) is 5.13. The quantitative estimate of drug-likeness (QED) is 0.651. The first-order chi connectivity index (χ1) is 10.6. The van der Waals surface area contributed by atoms with E-state index in [0.29, 0.717) is 10.0 Å². The summed E-state index contributed by atoms with van der Waals surface area (Å²) in [5.41, 5.74) is 5.18. The minimum absolute atomic E-state index is 0.287. The largest absolute Gasteiger partial charge is 0.270 e. The lowest BCUT2D eigenvalue weighted by atomic mass is 10.2. The first kappa shape index (κ1) is 15.9. The summed E-state index contributed by atoms with van der Waals surface area (Å²) in [7, 11) is 0. The van der Waals surface area contributed by atoms with Crippen LogP contribution in [0.4, 0.5) is 4.39 Å². The van der Waals surface area contributed by atoms with E-state index in [1.807, 2.05) is 0 Å². The maximum atomic E-state index is 13.4. The molecule has 2 rings (SSSR count). The van der Waals surface area contributed by atoms with E-state index in [1.54, 1.807) is 42.5 Å². The van der Waals surface area contributed by atoms with Gasteiger partial charge in [-0.05, 0) is 40.2 Å². The second kappa shape index (κ2) is 7.51. The summed E-state index contributed by atoms with van der Waals surface area (Å²) >= 11 is 3.24. The number of benzene rings is 2. The molecule has 4 nitrogen and oxygen atoms in total. The molecule has 2 aromatic carbocycles. The van der Waals surface area contributed by atoms with Crippen molar-refractivity contribution >= 4 is 33.8 Å². The third kappa shape index (κ3) is 4.26. The zero-order valence-electron chi connectivity index (χ0n) is 11.3. The van der Waals surface area contributed by atoms with Crippen molar-refractivity contribution in [1.82, 2.24) is 10.9 Å². The van der Waals surface area contributed by atoms with Gasteiger partial charge in [-0.15, -0.1) is 0 Å². The first-order valence-electron chi connectivity index (χ1n) is 6.35. The summed E-state index contributed by atoms with van der Waals surface area (Å²) in [4.78, 5) is 23.5. The second-order valence-electron chi connectivity index (χ2n) is 4.28. The minimum atomic E-state index is -0.566. The Morgan fingerprint density at radius 2 is 1.68 bits per heavy atom. The van der Waals surface area contributed by atoms with Gasteiger partial charge in [-0.3, -0.25) is 20.4 Å². The maximum absolute atomic E-state index is 13.4. The van der Waals surface area contributed by atoms with Crippen molar-refractivity contribution in [2.24, 2.45) is 0 Å². The summed E-state index contributed by atoms with van der Waals surface area (Å²) in [5, 5.41) is 0. The molecule has 0 bridgehead atoms. The predicted molar refractivity (Wildman–Crippen MR) is 85.2 cm³/mol. The van der Waals surface area contributed by atoms with Crippen molar-refractivity contribution in [3.63, 3.8) is 0 Å². The van der Waals surface area contributed by atoms with Crippen molar-refractivity contribution < 1.29 is 14.0 Å². The van der Waals surface area contributed by atoms with Crippen LogP contribution in [-0.4, -0.2) is 11.8 Å². The van der Waals surface area contributed by atoms with Gasteiger partial charge in [-0.25, -0.2) is 4.39 Å². The van der Waals surface area contributed by atoms with E-state index < -0.39 is 17.6 Å². The molecule has 2 aromatic rings. The Morgan fingerprint density at radius 1 is 1.00 bits per heavy atom. The average Bonchev–Trinajstić information content (AvgIpc) is 2.52. The van der Waals surface area contributed by atoms with Crippen LogP contribution in [0.3, 0.4) is 0 Å². The molecule has 0 fully saturated rings. The van der Waals surface area contributed by atoms with Crippen molar-refractivity contribution in [2.45, 2.75) is 0 Å². The van der Waals surface area contributed by atoms with E-state index in [0.717, 1.165) is 6.08 Å². The van der Waals surface area contributed by atoms with Crippen LogP contribution in [0.5, 0.6) is 0 Å². The summed E-state index contributed by atoms with van der Waals surface area (Å²) < 4.78 is 14.0. The first-order valence-corrected chi connectivity index (χ1v) is 7.14. The Kier molecular flexibility index (Phi) is 5.43. The summed E-state index contributed by atoms with van der Waals surface area (Å²) in [6.45, 7) is 0. The maximum Gasteiger partial charge on any atom is 0.270 e. The number of carbonyl (C=O) groups excluding carboxylic acids is 2. The van der Waals surface area contributed by atoms with E-state index in [2.05, 4.69) is 26.8 Å². The number of carbonyl (C=O) groups is 2. The highest BCUT2D eigenvalue weighted by Gasteiger charge is 2.09. The van der Waals surface area contributed by atoms with Crippen LogP contribution in [0.1, 0.15) is 15.9 Å². The molecule has 0 atom stereocenters. The topological polar surface area (TPSA) is 58.2 Å². The summed E-state index contributed by atoms with van der Waals surface area (Å²) in [6, 6.07) is 12.9. The Bertz CT molecular complexity index is 732. The van der Waals surface area contributed by atoms with Gasteiger partial charge in [0.25, 0.3) is 11.8 Å². The number of halogens is 2. The molecule has 0 aliphatic heterocycles. The molecule has 0 radical (unpaired) electrons. The fourth-order valence-electron chi connectivity index (χ4n) is 1.65. The summed E-state index contributed by atoms with van der Waals surface area (Å²) in [6.07, 6.45) is 2.47. The lowest BCUT2D eigenvalue weighted by Gasteiger charge is -2.06. The van der Waals surface area contributed by atoms with Crippen molar-refractivity contribution in [3.8, 4) is 0 Å². The molecule has 0 aliphatic rings. The molecule has 2 amide bonds. The standard InChI is InChI=1S/C16H12BrFN2O2/c17-13-7-3-2-6-12(13)16(22)20-19-15(21)10-9-11-5-1-4-8-14(11)18/h1-10H,(H,19,21)(H,20,22)/b10-9+. The van der Waals surface area contributed by atoms with Gasteiger partial charge in [0.15, 0.2) is 0 Å². The third-order valence-corrected chi connectivity index (χ3v) is 3.43. The van der Waals surface area contributed by atoms with Gasteiger partial charge in [0.2, 0.25) is 0 Å². The van der Waals surface area contributed by atoms with Gasteiger partial charge in [-0.1, -0.05) is 30.3 Å². The molecule has 112 valence electrons. The molecule has 0 spiro atoms. The van der Waals surface area contributed by atoms with Crippen LogP contribution >= 0.6 is 15.9 Å². The number of hydrazine groups is 1. The number of hydrogen-bond donors (Lipinski definition) is 2. The smallest absolute Gasteiger partial charge is 0.268 e. The number of rotatable bonds is 3. The predicted octanol–water partition coefficient (Wildman–Crippen LogP) is 3.06. The van der Waals surface area contributed by atoms with Gasteiger partial charge in [0.05, 0.1) is 5.56 Å². The molecule has 6 heteroatoms. The van der Waals surface area contributed by atoms with Gasteiger partial charge in [0.1, 0.15) is 5.82 Å². The van der Waals surface area contributed by atoms with Gasteiger partial charge in [0, 0.05) is 16.1 Å². The van der Waals surface area contributed by atoms with Crippen LogP contribution in [0.25, 0.3) is 6.08 Å². The fourth-order valence-corrected chi connectivity index (χ4v) is 2.11. The SMILES string of the molecule is O=C(/C=C/c1ccccc1F)NNC(=O)c1ccccc1Br. The van der Waals surface area contributed by atoms with Crippen LogP contribution in [-0.2, 0) is 4.79 Å². The Hall–Kier alpha value is -2.47. The molecule has 0 aliphatic carbocycles. The molecule has 0 heterocycles. The van der Waals surface area contributed by atoms with E-state index in [1.165, 1.54) is 12.1 Å². The van der Waals surface area contributed by atoms with E-state index in [-0.39, 0.29) is 5.56 Å². The molecule has 0 unspecified atom stereocenters. The highest BCUT2D eigenvalue weighted by Crippen LogP contribution is 2.15. The van der Waals surface area contributed by atoms with Crippen molar-refractivity contribution in [2.75, 3.05) is 0 Å². The number of amides is 2. The molecule has 0 saturated heterocycles. The Balaban J connectivity index is 1.92. The lowest BCUT2D eigenvalue weighted by Crippen LogP contribution is -2.40. The Labute approximate surface area is 135 Å². The molecule has 0 saturated carbocycles. The highest BCUT2D eigenvalue weighted by molar-refractivity contribution is 9.10.